The predicted molar refractivity (Wildman–Crippen MR) is 237 cm³/mol. The fraction of sp³-hybridized carbons (Fsp3) is 0.933. The highest BCUT2D eigenvalue weighted by atomic mass is 33.1. The summed E-state index contributed by atoms with van der Waals surface area (Å²) in [6, 6.07) is 0. The van der Waals surface area contributed by atoms with E-state index < -0.39 is 12.2 Å². The number of aliphatic hydroxyl groups excluding tert-OH is 2. The van der Waals surface area contributed by atoms with Crippen molar-refractivity contribution < 1.29 is 29.3 Å². The standard InChI is InChI=1S/C45H78N6O6S2/c1-30(52)56-36-14-12-33-24-34(41(55)42-37(33)15-13-32-9-8-11-38(32)57-42)28-51-29-44(27-40(51)54,26-31-16-20-48-39(46)23-31)19-21-49-43(47)50-45(17-5-6-18-45)59-58-22-7-3-2-4-10-35(53)25-36/h31-39,41-42,48,53,55H,2-29,46H2,1H3,(H3,47,49,50)/t31?,32-,33?,34?,35-,36-,37?,38+,39?,41?,42?,44+/m0/s1. The number of carbonyl (C=O) groups is 2. The highest BCUT2D eigenvalue weighted by molar-refractivity contribution is 8.77. The minimum absolute atomic E-state index is 0.0253. The number of hydrogen-bond acceptors (Lipinski definition) is 13. The zero-order valence-electron chi connectivity index (χ0n) is 36.0. The van der Waals surface area contributed by atoms with E-state index in [4.69, 9.17) is 25.9 Å². The lowest BCUT2D eigenvalue weighted by Crippen LogP contribution is -2.52. The Morgan fingerprint density at radius 3 is 2.56 bits per heavy atom. The molecule has 1 spiro atoms. The number of fused-ring (bicyclic) bond motifs is 7. The highest BCUT2D eigenvalue weighted by Crippen LogP contribution is 2.50. The molecule has 3 saturated heterocycles. The molecule has 0 radical (unpaired) electrons. The van der Waals surface area contributed by atoms with Crippen molar-refractivity contribution in [3.05, 3.63) is 0 Å². The van der Waals surface area contributed by atoms with Gasteiger partial charge in [-0.15, -0.1) is 0 Å². The lowest BCUT2D eigenvalue weighted by atomic mass is 9.67. The predicted octanol–water partition coefficient (Wildman–Crippen LogP) is 6.21. The second-order valence-electron chi connectivity index (χ2n) is 20.1. The van der Waals surface area contributed by atoms with Crippen LogP contribution in [-0.4, -0.2) is 106 Å². The molecule has 336 valence electrons. The first kappa shape index (κ1) is 45.7. The van der Waals surface area contributed by atoms with Crippen LogP contribution in [-0.2, 0) is 19.1 Å². The van der Waals surface area contributed by atoms with Crippen molar-refractivity contribution in [3.8, 4) is 0 Å². The number of aliphatic imine (C=N–C) groups is 1. The van der Waals surface area contributed by atoms with Gasteiger partial charge in [0.1, 0.15) is 6.10 Å². The summed E-state index contributed by atoms with van der Waals surface area (Å²) >= 11 is 0. The number of esters is 1. The van der Waals surface area contributed by atoms with E-state index >= 15 is 0 Å². The topological polar surface area (TPSA) is 185 Å². The normalized spacial score (nSPS) is 40.9. The molecule has 12 atom stereocenters. The van der Waals surface area contributed by atoms with Crippen LogP contribution in [0.4, 0.5) is 0 Å². The van der Waals surface area contributed by atoms with Gasteiger partial charge < -0.3 is 46.7 Å². The monoisotopic (exact) mass is 863 g/mol. The summed E-state index contributed by atoms with van der Waals surface area (Å²) in [6.45, 7) is 4.10. The van der Waals surface area contributed by atoms with Gasteiger partial charge in [-0.3, -0.25) is 14.6 Å². The number of nitrogens with two attached hydrogens (primary N) is 2. The summed E-state index contributed by atoms with van der Waals surface area (Å²) in [6.07, 6.45) is 20.4. The lowest BCUT2D eigenvalue weighted by Gasteiger charge is -2.46. The number of rotatable bonds is 3. The molecule has 0 aromatic carbocycles. The Morgan fingerprint density at radius 2 is 1.75 bits per heavy atom. The molecule has 4 aliphatic heterocycles. The fourth-order valence-electron chi connectivity index (χ4n) is 12.6. The zero-order chi connectivity index (χ0) is 41.4. The molecule has 8 N–H and O–H groups in total. The Hall–Kier alpha value is -1.29. The van der Waals surface area contributed by atoms with Crippen LogP contribution in [0.5, 0.6) is 0 Å². The zero-order valence-corrected chi connectivity index (χ0v) is 37.7. The van der Waals surface area contributed by atoms with Gasteiger partial charge >= 0.3 is 5.97 Å². The molecular weight excluding hydrogens is 785 g/mol. The first-order valence-electron chi connectivity index (χ1n) is 23.8. The fourth-order valence-corrected chi connectivity index (χ4v) is 15.7. The maximum atomic E-state index is 14.2. The van der Waals surface area contributed by atoms with Gasteiger partial charge in [-0.1, -0.05) is 60.1 Å². The summed E-state index contributed by atoms with van der Waals surface area (Å²) in [7, 11) is 3.85. The molecule has 1 amide bonds. The summed E-state index contributed by atoms with van der Waals surface area (Å²) in [5.41, 5.74) is 12.8. The third kappa shape index (κ3) is 12.5. The van der Waals surface area contributed by atoms with Crippen LogP contribution in [0.1, 0.15) is 155 Å². The molecule has 0 aromatic rings. The molecule has 4 heterocycles. The third-order valence-corrected chi connectivity index (χ3v) is 18.7. The molecule has 3 saturated carbocycles. The average Bonchev–Trinajstić information content (AvgIpc) is 3.88. The number of amides is 1. The maximum Gasteiger partial charge on any atom is 0.302 e. The van der Waals surface area contributed by atoms with Crippen molar-refractivity contribution >= 4 is 39.4 Å². The first-order valence-corrected chi connectivity index (χ1v) is 26.1. The smallest absolute Gasteiger partial charge is 0.302 e. The molecule has 7 rings (SSSR count). The summed E-state index contributed by atoms with van der Waals surface area (Å²) in [4.78, 5) is 33.5. The number of piperidine rings is 1. The Morgan fingerprint density at radius 1 is 0.932 bits per heavy atom. The quantitative estimate of drug-likeness (QED) is 0.140. The van der Waals surface area contributed by atoms with Crippen LogP contribution in [0.25, 0.3) is 0 Å². The average molecular weight is 863 g/mol. The van der Waals surface area contributed by atoms with E-state index in [0.717, 1.165) is 109 Å². The van der Waals surface area contributed by atoms with E-state index in [1.54, 1.807) is 0 Å². The number of nitrogens with one attached hydrogen (secondary N) is 2. The summed E-state index contributed by atoms with van der Waals surface area (Å²) < 4.78 is 12.9. The van der Waals surface area contributed by atoms with E-state index in [9.17, 15) is 19.8 Å². The Kier molecular flexibility index (Phi) is 16.6. The van der Waals surface area contributed by atoms with Crippen molar-refractivity contribution in [2.45, 2.75) is 196 Å². The molecule has 7 unspecified atom stereocenters. The molecule has 59 heavy (non-hydrogen) atoms. The van der Waals surface area contributed by atoms with Crippen LogP contribution in [0.15, 0.2) is 4.99 Å². The molecule has 4 bridgehead atoms. The molecule has 3 aliphatic carbocycles. The number of carbonyl (C=O) groups excluding carboxylic acids is 2. The third-order valence-electron chi connectivity index (χ3n) is 15.5. The largest absolute Gasteiger partial charge is 0.462 e. The van der Waals surface area contributed by atoms with E-state index in [-0.39, 0.29) is 64.4 Å². The van der Waals surface area contributed by atoms with Crippen molar-refractivity contribution in [1.82, 2.24) is 15.5 Å². The van der Waals surface area contributed by atoms with Crippen LogP contribution in [0.3, 0.4) is 0 Å². The summed E-state index contributed by atoms with van der Waals surface area (Å²) in [5, 5.41) is 30.5. The minimum atomic E-state index is -0.645. The molecule has 0 aromatic heterocycles. The van der Waals surface area contributed by atoms with Crippen LogP contribution >= 0.6 is 21.6 Å². The minimum Gasteiger partial charge on any atom is -0.462 e. The number of ether oxygens (including phenoxy) is 2. The van der Waals surface area contributed by atoms with Gasteiger partial charge in [0.05, 0.1) is 35.5 Å². The van der Waals surface area contributed by atoms with Crippen LogP contribution < -0.4 is 22.1 Å². The van der Waals surface area contributed by atoms with Crippen molar-refractivity contribution in [3.63, 3.8) is 0 Å². The van der Waals surface area contributed by atoms with Gasteiger partial charge in [-0.25, -0.2) is 0 Å². The number of hydrogen-bond donors (Lipinski definition) is 6. The molecule has 6 fully saturated rings. The van der Waals surface area contributed by atoms with E-state index in [1.165, 1.54) is 32.6 Å². The number of guanidine groups is 1. The molecule has 12 nitrogen and oxygen atoms in total. The Balaban J connectivity index is 1.12. The van der Waals surface area contributed by atoms with Gasteiger partial charge in [0.15, 0.2) is 5.96 Å². The van der Waals surface area contributed by atoms with Crippen molar-refractivity contribution in [1.29, 1.82) is 0 Å². The SMILES string of the molecule is CC(=O)O[C@H]1CCC2CC(CN3C[C@@](CC4CCNC(N)C4)(CCN=C(N)NC4(CCCC4)SSCCCCCC[C@H](O)C1)CC3=O)C(O)C1O[C@@H]3CCC[C@H]3CCC21. The Labute approximate surface area is 362 Å². The molecule has 14 heteroatoms. The Bertz CT molecular complexity index is 1410. The lowest BCUT2D eigenvalue weighted by molar-refractivity contribution is -0.159. The van der Waals surface area contributed by atoms with E-state index in [0.29, 0.717) is 63.1 Å². The van der Waals surface area contributed by atoms with Gasteiger partial charge in [0, 0.05) is 51.1 Å². The molecular formula is C45H78N6O6S2. The van der Waals surface area contributed by atoms with E-state index in [2.05, 4.69) is 15.5 Å². The van der Waals surface area contributed by atoms with Crippen LogP contribution in [0, 0.1) is 35.0 Å². The maximum absolute atomic E-state index is 14.2. The highest BCUT2D eigenvalue weighted by Gasteiger charge is 2.51. The number of aliphatic hydroxyl groups is 2. The van der Waals surface area contributed by atoms with Gasteiger partial charge in [0.2, 0.25) is 5.91 Å². The van der Waals surface area contributed by atoms with Crippen LogP contribution in [0.2, 0.25) is 0 Å². The first-order chi connectivity index (χ1) is 28.5. The van der Waals surface area contributed by atoms with Gasteiger partial charge in [0.25, 0.3) is 0 Å². The van der Waals surface area contributed by atoms with Crippen molar-refractivity contribution in [2.75, 3.05) is 31.9 Å². The number of nitrogens with zero attached hydrogens (tertiary/aromatic N) is 2. The van der Waals surface area contributed by atoms with Crippen molar-refractivity contribution in [2.24, 2.45) is 51.5 Å². The van der Waals surface area contributed by atoms with Gasteiger partial charge in [-0.05, 0) is 132 Å². The van der Waals surface area contributed by atoms with Gasteiger partial charge in [-0.2, -0.15) is 0 Å². The molecule has 7 aliphatic rings. The van der Waals surface area contributed by atoms with E-state index in [1.807, 2.05) is 21.6 Å². The second-order valence-corrected chi connectivity index (χ2v) is 22.9. The summed E-state index contributed by atoms with van der Waals surface area (Å²) in [5.74, 6) is 2.80. The second kappa shape index (κ2) is 21.4.